The Kier molecular flexibility index (Phi) is 3.96. The van der Waals surface area contributed by atoms with E-state index in [2.05, 4.69) is 20.6 Å². The molecule has 1 rings (SSSR count). The molecule has 0 aromatic carbocycles. The highest BCUT2D eigenvalue weighted by Crippen LogP contribution is 2.04. The minimum Gasteiger partial charge on any atom is -0.357 e. The fourth-order valence-electron chi connectivity index (χ4n) is 1.31. The van der Waals surface area contributed by atoms with Crippen molar-refractivity contribution in [2.75, 3.05) is 7.05 Å². The molecule has 0 aromatic heterocycles. The second-order valence-corrected chi connectivity index (χ2v) is 3.23. The van der Waals surface area contributed by atoms with Crippen LogP contribution in [0.15, 0.2) is 9.98 Å². The van der Waals surface area contributed by atoms with Gasteiger partial charge in [-0.2, -0.15) is 0 Å². The lowest BCUT2D eigenvalue weighted by molar-refractivity contribution is -0.127. The molecule has 0 saturated carbocycles. The number of hydrogen-bond donors (Lipinski definition) is 2. The molecule has 2 amide bonds. The summed E-state index contributed by atoms with van der Waals surface area (Å²) in [6.45, 7) is 1.38. The van der Waals surface area contributed by atoms with Gasteiger partial charge in [0.1, 0.15) is 12.4 Å². The summed E-state index contributed by atoms with van der Waals surface area (Å²) in [5, 5.41) is 5.07. The van der Waals surface area contributed by atoms with E-state index in [-0.39, 0.29) is 17.9 Å². The molecule has 0 bridgehead atoms. The van der Waals surface area contributed by atoms with Gasteiger partial charge in [0.15, 0.2) is 0 Å². The molecule has 15 heavy (non-hydrogen) atoms. The highest BCUT2D eigenvalue weighted by molar-refractivity contribution is 5.88. The summed E-state index contributed by atoms with van der Waals surface area (Å²) in [5.41, 5.74) is 0. The van der Waals surface area contributed by atoms with Gasteiger partial charge in [0.25, 0.3) is 0 Å². The van der Waals surface area contributed by atoms with Crippen molar-refractivity contribution < 1.29 is 9.59 Å². The van der Waals surface area contributed by atoms with E-state index in [1.54, 1.807) is 6.21 Å². The fraction of sp³-hybridized carbons (Fsp3) is 0.556. The Hall–Kier alpha value is -1.72. The number of aliphatic imine (C=N–C) groups is 2. The van der Waals surface area contributed by atoms with E-state index in [1.807, 2.05) is 0 Å². The first-order chi connectivity index (χ1) is 7.13. The van der Waals surface area contributed by atoms with Crippen LogP contribution in [0.25, 0.3) is 0 Å². The van der Waals surface area contributed by atoms with Crippen molar-refractivity contribution in [1.29, 1.82) is 0 Å². The van der Waals surface area contributed by atoms with Gasteiger partial charge in [-0.3, -0.25) is 14.6 Å². The van der Waals surface area contributed by atoms with Crippen LogP contribution >= 0.6 is 0 Å². The fourth-order valence-corrected chi connectivity index (χ4v) is 1.31. The maximum Gasteiger partial charge on any atom is 0.242 e. The maximum absolute atomic E-state index is 11.4. The van der Waals surface area contributed by atoms with E-state index in [1.165, 1.54) is 20.3 Å². The quantitative estimate of drug-likeness (QED) is 0.631. The number of hydrogen-bond acceptors (Lipinski definition) is 4. The molecule has 2 atom stereocenters. The van der Waals surface area contributed by atoms with E-state index < -0.39 is 6.04 Å². The average molecular weight is 210 g/mol. The molecule has 82 valence electrons. The highest BCUT2D eigenvalue weighted by Gasteiger charge is 2.22. The van der Waals surface area contributed by atoms with Crippen LogP contribution in [0.2, 0.25) is 0 Å². The molecule has 1 aliphatic heterocycles. The smallest absolute Gasteiger partial charge is 0.242 e. The van der Waals surface area contributed by atoms with E-state index in [0.29, 0.717) is 6.42 Å². The molecular formula is C9H14N4O2. The van der Waals surface area contributed by atoms with Crippen molar-refractivity contribution in [2.24, 2.45) is 9.98 Å². The second-order valence-electron chi connectivity index (χ2n) is 3.23. The van der Waals surface area contributed by atoms with Crippen molar-refractivity contribution >= 4 is 24.4 Å². The third-order valence-electron chi connectivity index (χ3n) is 2.00. The largest absolute Gasteiger partial charge is 0.357 e. The summed E-state index contributed by atoms with van der Waals surface area (Å²) in [5.74, 6) is -0.455. The molecule has 0 spiro atoms. The van der Waals surface area contributed by atoms with E-state index in [0.717, 1.165) is 0 Å². The molecule has 6 heteroatoms. The van der Waals surface area contributed by atoms with Gasteiger partial charge in [0.2, 0.25) is 11.8 Å². The summed E-state index contributed by atoms with van der Waals surface area (Å²) >= 11 is 0. The number of carbonyl (C=O) groups is 2. The van der Waals surface area contributed by atoms with Crippen LogP contribution < -0.4 is 10.6 Å². The Morgan fingerprint density at radius 1 is 1.53 bits per heavy atom. The zero-order valence-electron chi connectivity index (χ0n) is 8.73. The molecule has 0 aromatic rings. The van der Waals surface area contributed by atoms with Gasteiger partial charge in [-0.25, -0.2) is 4.99 Å². The Morgan fingerprint density at radius 2 is 2.27 bits per heavy atom. The number of likely N-dealkylation sites (N-methyl/N-ethyl adjacent to an activating group) is 1. The molecule has 0 fully saturated rings. The monoisotopic (exact) mass is 210 g/mol. The first-order valence-electron chi connectivity index (χ1n) is 4.67. The third kappa shape index (κ3) is 3.49. The minimum absolute atomic E-state index is 0.126. The van der Waals surface area contributed by atoms with E-state index in [9.17, 15) is 9.59 Å². The molecule has 0 aliphatic carbocycles. The predicted octanol–water partition coefficient (Wildman–Crippen LogP) is -0.891. The van der Waals surface area contributed by atoms with Gasteiger partial charge in [0, 0.05) is 26.6 Å². The van der Waals surface area contributed by atoms with Gasteiger partial charge >= 0.3 is 0 Å². The standard InChI is InChI=1S/C9H14N4O2/c1-6(14)13-8(9(15)10-2)3-7-4-11-5-12-7/h4-5,7-8H,3H2,1-2H3,(H,10,15)(H,13,14)/t7-,8-/m0/s1. The number of carbonyl (C=O) groups excluding carboxylic acids is 2. The topological polar surface area (TPSA) is 82.9 Å². The van der Waals surface area contributed by atoms with Crippen molar-refractivity contribution in [3.05, 3.63) is 0 Å². The maximum atomic E-state index is 11.4. The zero-order chi connectivity index (χ0) is 11.3. The normalized spacial score (nSPS) is 20.0. The van der Waals surface area contributed by atoms with Crippen LogP contribution in [0.5, 0.6) is 0 Å². The summed E-state index contributed by atoms with van der Waals surface area (Å²) in [6, 6.07) is -0.682. The lowest BCUT2D eigenvalue weighted by Crippen LogP contribution is -2.46. The Bertz CT molecular complexity index is 299. The Morgan fingerprint density at radius 3 is 2.73 bits per heavy atom. The summed E-state index contributed by atoms with van der Waals surface area (Å²) < 4.78 is 0. The number of amides is 2. The van der Waals surface area contributed by atoms with Crippen LogP contribution in [0, 0.1) is 0 Å². The van der Waals surface area contributed by atoms with E-state index >= 15 is 0 Å². The highest BCUT2D eigenvalue weighted by atomic mass is 16.2. The van der Waals surface area contributed by atoms with Gasteiger partial charge in [-0.1, -0.05) is 0 Å². The molecule has 1 heterocycles. The predicted molar refractivity (Wildman–Crippen MR) is 57.1 cm³/mol. The number of rotatable bonds is 4. The zero-order valence-corrected chi connectivity index (χ0v) is 8.73. The molecule has 0 unspecified atom stereocenters. The van der Waals surface area contributed by atoms with Gasteiger partial charge in [-0.05, 0) is 0 Å². The van der Waals surface area contributed by atoms with Crippen LogP contribution in [0.1, 0.15) is 13.3 Å². The first-order valence-corrected chi connectivity index (χ1v) is 4.67. The molecule has 0 saturated heterocycles. The minimum atomic E-state index is -0.556. The summed E-state index contributed by atoms with van der Waals surface area (Å²) in [7, 11) is 1.53. The second kappa shape index (κ2) is 5.23. The Labute approximate surface area is 87.9 Å². The SMILES string of the molecule is CNC(=O)[C@H](C[C@H]1C=NC=N1)NC(C)=O. The van der Waals surface area contributed by atoms with Crippen molar-refractivity contribution in [3.8, 4) is 0 Å². The number of nitrogens with one attached hydrogen (secondary N) is 2. The van der Waals surface area contributed by atoms with Gasteiger partial charge < -0.3 is 10.6 Å². The number of nitrogens with zero attached hydrogens (tertiary/aromatic N) is 2. The van der Waals surface area contributed by atoms with Crippen molar-refractivity contribution in [2.45, 2.75) is 25.4 Å². The molecule has 1 aliphatic rings. The van der Waals surface area contributed by atoms with E-state index in [4.69, 9.17) is 0 Å². The molecule has 2 N–H and O–H groups in total. The molecule has 0 radical (unpaired) electrons. The lowest BCUT2D eigenvalue weighted by atomic mass is 10.1. The summed E-state index contributed by atoms with van der Waals surface area (Å²) in [6.07, 6.45) is 3.52. The Balaban J connectivity index is 2.55. The van der Waals surface area contributed by atoms with Crippen LogP contribution in [-0.4, -0.2) is 43.5 Å². The van der Waals surface area contributed by atoms with Crippen molar-refractivity contribution in [3.63, 3.8) is 0 Å². The van der Waals surface area contributed by atoms with Crippen molar-refractivity contribution in [1.82, 2.24) is 10.6 Å². The van der Waals surface area contributed by atoms with Crippen LogP contribution in [-0.2, 0) is 9.59 Å². The van der Waals surface area contributed by atoms with Gasteiger partial charge in [0.05, 0.1) is 6.04 Å². The van der Waals surface area contributed by atoms with Crippen LogP contribution in [0.3, 0.4) is 0 Å². The molecular weight excluding hydrogens is 196 g/mol. The molecule has 6 nitrogen and oxygen atoms in total. The van der Waals surface area contributed by atoms with Gasteiger partial charge in [-0.15, -0.1) is 0 Å². The first kappa shape index (κ1) is 11.4. The third-order valence-corrected chi connectivity index (χ3v) is 2.00. The van der Waals surface area contributed by atoms with Crippen LogP contribution in [0.4, 0.5) is 0 Å². The lowest BCUT2D eigenvalue weighted by Gasteiger charge is -2.17. The average Bonchev–Trinajstić information content (AvgIpc) is 2.67. The summed E-state index contributed by atoms with van der Waals surface area (Å²) in [4.78, 5) is 30.1.